The monoisotopic (exact) mass is 651 g/mol. The van der Waals surface area contributed by atoms with E-state index in [4.69, 9.17) is 27.9 Å². The lowest BCUT2D eigenvalue weighted by atomic mass is 9.78. The Bertz CT molecular complexity index is 1810. The van der Waals surface area contributed by atoms with Gasteiger partial charge in [0.05, 0.1) is 40.1 Å². The molecule has 2 N–H and O–H groups in total. The summed E-state index contributed by atoms with van der Waals surface area (Å²) in [4.78, 5) is 29.8. The molecule has 11 heteroatoms. The van der Waals surface area contributed by atoms with Gasteiger partial charge in [-0.2, -0.15) is 13.2 Å². The number of hydrogen-bond donors (Lipinski definition) is 2. The molecule has 1 aliphatic heterocycles. The minimum Gasteiger partial charge on any atom is -0.497 e. The van der Waals surface area contributed by atoms with Crippen molar-refractivity contribution in [2.24, 2.45) is 0 Å². The van der Waals surface area contributed by atoms with Crippen molar-refractivity contribution in [2.45, 2.75) is 31.0 Å². The van der Waals surface area contributed by atoms with Gasteiger partial charge in [-0.25, -0.2) is 4.79 Å². The molecule has 0 unspecified atom stereocenters. The fourth-order valence-corrected chi connectivity index (χ4v) is 6.15. The van der Waals surface area contributed by atoms with E-state index < -0.39 is 23.8 Å². The molecule has 0 radical (unpaired) electrons. The smallest absolute Gasteiger partial charge is 0.416 e. The van der Waals surface area contributed by atoms with E-state index in [-0.39, 0.29) is 23.1 Å². The second-order valence-electron chi connectivity index (χ2n) is 10.8. The van der Waals surface area contributed by atoms with Crippen molar-refractivity contribution in [3.8, 4) is 5.75 Å². The summed E-state index contributed by atoms with van der Waals surface area (Å²) in [6.45, 7) is 0. The van der Waals surface area contributed by atoms with Crippen LogP contribution in [0.3, 0.4) is 0 Å². The number of urea groups is 1. The third-order valence-electron chi connectivity index (χ3n) is 8.02. The molecule has 6 nitrogen and oxygen atoms in total. The topological polar surface area (TPSA) is 70.7 Å². The number of ketones is 1. The summed E-state index contributed by atoms with van der Waals surface area (Å²) in [5, 5.41) is 6.77. The Balaban J connectivity index is 1.50. The van der Waals surface area contributed by atoms with Crippen LogP contribution in [0.1, 0.15) is 41.5 Å². The van der Waals surface area contributed by atoms with Crippen LogP contribution >= 0.6 is 23.2 Å². The van der Waals surface area contributed by atoms with Crippen LogP contribution in [0, 0.1) is 0 Å². The second kappa shape index (κ2) is 12.1. The van der Waals surface area contributed by atoms with E-state index in [1.165, 1.54) is 29.2 Å². The first-order chi connectivity index (χ1) is 21.5. The molecule has 1 heterocycles. The maximum Gasteiger partial charge on any atom is 0.416 e. The van der Waals surface area contributed by atoms with Gasteiger partial charge in [0, 0.05) is 23.4 Å². The van der Waals surface area contributed by atoms with Crippen molar-refractivity contribution in [1.29, 1.82) is 0 Å². The van der Waals surface area contributed by atoms with Gasteiger partial charge in [-0.3, -0.25) is 9.69 Å². The highest BCUT2D eigenvalue weighted by Gasteiger charge is 2.42. The van der Waals surface area contributed by atoms with Crippen LogP contribution in [0.5, 0.6) is 5.75 Å². The number of methoxy groups -OCH3 is 1. The van der Waals surface area contributed by atoms with Crippen LogP contribution < -0.4 is 20.3 Å². The molecule has 0 aromatic heterocycles. The third-order valence-corrected chi connectivity index (χ3v) is 8.76. The summed E-state index contributed by atoms with van der Waals surface area (Å²) in [5.41, 5.74) is 2.68. The van der Waals surface area contributed by atoms with Crippen molar-refractivity contribution in [3.05, 3.63) is 129 Å². The van der Waals surface area contributed by atoms with E-state index in [1.807, 2.05) is 24.3 Å². The largest absolute Gasteiger partial charge is 0.497 e. The van der Waals surface area contributed by atoms with Gasteiger partial charge < -0.3 is 15.4 Å². The van der Waals surface area contributed by atoms with Gasteiger partial charge in [0.15, 0.2) is 5.78 Å². The number of carbonyl (C=O) groups is 2. The number of benzene rings is 4. The number of ether oxygens (including phenoxy) is 1. The summed E-state index contributed by atoms with van der Waals surface area (Å²) in [7, 11) is 1.58. The maximum atomic E-state index is 14.2. The fourth-order valence-electron chi connectivity index (χ4n) is 5.85. The number of carbonyl (C=O) groups excluding carboxylic acids is 2. The van der Waals surface area contributed by atoms with Gasteiger partial charge in [0.25, 0.3) is 0 Å². The highest BCUT2D eigenvalue weighted by molar-refractivity contribution is 6.42. The van der Waals surface area contributed by atoms with Crippen molar-refractivity contribution in [3.63, 3.8) is 0 Å². The molecule has 45 heavy (non-hydrogen) atoms. The molecule has 2 atom stereocenters. The number of Topliss-reactive ketones (excluding diaryl/α,β-unsaturated/α-hetero) is 1. The number of amides is 2. The van der Waals surface area contributed by atoms with Crippen molar-refractivity contribution >= 4 is 52.1 Å². The minimum atomic E-state index is -4.56. The molecule has 4 aromatic carbocycles. The molecular formula is C34H26Cl2F3N3O3. The number of hydrogen-bond acceptors (Lipinski definition) is 4. The number of rotatable bonds is 4. The van der Waals surface area contributed by atoms with E-state index >= 15 is 0 Å². The summed E-state index contributed by atoms with van der Waals surface area (Å²) in [6, 6.07) is 22.0. The third kappa shape index (κ3) is 6.10. The van der Waals surface area contributed by atoms with Gasteiger partial charge >= 0.3 is 12.2 Å². The van der Waals surface area contributed by atoms with E-state index in [9.17, 15) is 22.8 Å². The van der Waals surface area contributed by atoms with E-state index in [2.05, 4.69) is 10.6 Å². The van der Waals surface area contributed by atoms with Gasteiger partial charge in [0.1, 0.15) is 5.75 Å². The Hall–Kier alpha value is -4.47. The van der Waals surface area contributed by atoms with E-state index in [0.29, 0.717) is 51.1 Å². The Kier molecular flexibility index (Phi) is 8.24. The Morgan fingerprint density at radius 3 is 2.27 bits per heavy atom. The summed E-state index contributed by atoms with van der Waals surface area (Å²) < 4.78 is 45.9. The Morgan fingerprint density at radius 1 is 0.911 bits per heavy atom. The summed E-state index contributed by atoms with van der Waals surface area (Å²) >= 11 is 12.3. The van der Waals surface area contributed by atoms with Gasteiger partial charge in [-0.05, 0) is 78.1 Å². The van der Waals surface area contributed by atoms with Crippen molar-refractivity contribution in [2.75, 3.05) is 22.6 Å². The zero-order valence-electron chi connectivity index (χ0n) is 23.8. The molecule has 0 bridgehead atoms. The van der Waals surface area contributed by atoms with Gasteiger partial charge in [-0.15, -0.1) is 0 Å². The zero-order valence-corrected chi connectivity index (χ0v) is 25.3. The minimum absolute atomic E-state index is 0.141. The number of nitrogens with one attached hydrogen (secondary N) is 2. The molecule has 230 valence electrons. The number of nitrogens with zero attached hydrogens (tertiary/aromatic N) is 1. The second-order valence-corrected chi connectivity index (χ2v) is 11.6. The maximum absolute atomic E-state index is 14.2. The van der Waals surface area contributed by atoms with Crippen molar-refractivity contribution in [1.82, 2.24) is 0 Å². The lowest BCUT2D eigenvalue weighted by Crippen LogP contribution is -2.41. The van der Waals surface area contributed by atoms with Crippen LogP contribution in [0.4, 0.5) is 35.0 Å². The number of para-hydroxylation sites is 2. The predicted octanol–water partition coefficient (Wildman–Crippen LogP) is 9.63. The molecule has 2 aliphatic rings. The first-order valence-corrected chi connectivity index (χ1v) is 14.8. The average molecular weight is 653 g/mol. The molecule has 1 aliphatic carbocycles. The SMILES string of the molecule is COc1ccc([C@@H]2CC(=O)C3=C(C2)Nc2ccccc2N(C(=O)Nc2ccc(Cl)c(Cl)c2)[C@H]3c2ccc(C(F)(F)F)cc2)cc1. The van der Waals surface area contributed by atoms with E-state index in [1.54, 1.807) is 37.4 Å². The number of alkyl halides is 3. The molecule has 6 rings (SSSR count). The van der Waals surface area contributed by atoms with Gasteiger partial charge in [0.2, 0.25) is 0 Å². The normalized spacial score (nSPS) is 18.0. The molecule has 0 saturated heterocycles. The van der Waals surface area contributed by atoms with Crippen LogP contribution in [0.25, 0.3) is 0 Å². The molecule has 0 fully saturated rings. The highest BCUT2D eigenvalue weighted by atomic mass is 35.5. The average Bonchev–Trinajstić information content (AvgIpc) is 3.17. The van der Waals surface area contributed by atoms with Crippen LogP contribution in [0.2, 0.25) is 10.0 Å². The van der Waals surface area contributed by atoms with E-state index in [0.717, 1.165) is 17.7 Å². The van der Waals surface area contributed by atoms with Crippen LogP contribution in [-0.2, 0) is 11.0 Å². The van der Waals surface area contributed by atoms with Crippen LogP contribution in [-0.4, -0.2) is 18.9 Å². The quantitative estimate of drug-likeness (QED) is 0.230. The molecule has 0 saturated carbocycles. The van der Waals surface area contributed by atoms with Gasteiger partial charge in [-0.1, -0.05) is 59.6 Å². The predicted molar refractivity (Wildman–Crippen MR) is 169 cm³/mol. The summed E-state index contributed by atoms with van der Waals surface area (Å²) in [6.07, 6.45) is -3.98. The number of allylic oxidation sites excluding steroid dienone is 1. The lowest BCUT2D eigenvalue weighted by Gasteiger charge is -2.35. The first-order valence-electron chi connectivity index (χ1n) is 14.0. The molecular weight excluding hydrogens is 626 g/mol. The Labute approximate surface area is 267 Å². The number of halogens is 5. The van der Waals surface area contributed by atoms with Crippen LogP contribution in [0.15, 0.2) is 102 Å². The number of anilines is 3. The lowest BCUT2D eigenvalue weighted by molar-refractivity contribution is -0.137. The highest BCUT2D eigenvalue weighted by Crippen LogP contribution is 2.48. The summed E-state index contributed by atoms with van der Waals surface area (Å²) in [5.74, 6) is 0.287. The first kappa shape index (κ1) is 30.6. The number of fused-ring (bicyclic) bond motifs is 1. The molecule has 4 aromatic rings. The molecule has 0 spiro atoms. The zero-order chi connectivity index (χ0) is 31.9. The standard InChI is InChI=1S/C34H26Cl2F3N3O3/c1-45-24-13-8-19(9-14-24)21-16-28-31(30(43)17-21)32(20-6-10-22(11-7-20)34(37,38)39)42(29-5-3-2-4-27(29)41-28)33(44)40-23-12-15-25(35)26(36)18-23/h2-15,18,21,32,41H,16-17H2,1H3,(H,40,44)/t21-,32-/m0/s1. The molecule has 2 amide bonds. The Morgan fingerprint density at radius 2 is 1.60 bits per heavy atom. The fraction of sp³-hybridized carbons (Fsp3) is 0.176. The van der Waals surface area contributed by atoms with Crippen molar-refractivity contribution < 1.29 is 27.5 Å².